The topological polar surface area (TPSA) is 61.0 Å². The molecular weight excluding hydrogens is 266 g/mol. The molecule has 1 aromatic heterocycles. The molecule has 0 radical (unpaired) electrons. The number of thioether (sulfide) groups is 2. The Morgan fingerprint density at radius 1 is 1.39 bits per heavy atom. The molecule has 1 saturated heterocycles. The number of ether oxygens (including phenoxy) is 1. The first kappa shape index (κ1) is 14.0. The minimum atomic E-state index is -0.114. The highest BCUT2D eigenvalue weighted by atomic mass is 32.2. The molecule has 1 aromatic rings. The van der Waals surface area contributed by atoms with E-state index in [1.165, 1.54) is 5.75 Å². The van der Waals surface area contributed by atoms with Gasteiger partial charge in [-0.1, -0.05) is 6.92 Å². The van der Waals surface area contributed by atoms with Crippen molar-refractivity contribution in [2.45, 2.75) is 29.9 Å². The summed E-state index contributed by atoms with van der Waals surface area (Å²) in [6, 6.07) is -0.114. The van der Waals surface area contributed by atoms with Crippen LogP contribution in [0.2, 0.25) is 0 Å². The maximum absolute atomic E-state index is 6.40. The second-order valence-corrected chi connectivity index (χ2v) is 6.76. The third kappa shape index (κ3) is 2.92. The van der Waals surface area contributed by atoms with Gasteiger partial charge < -0.3 is 10.5 Å². The fraction of sp³-hybridized carbons (Fsp3) is 0.667. The van der Waals surface area contributed by atoms with E-state index in [2.05, 4.69) is 16.9 Å². The largest absolute Gasteiger partial charge is 0.480 e. The van der Waals surface area contributed by atoms with Crippen LogP contribution in [-0.4, -0.2) is 39.1 Å². The van der Waals surface area contributed by atoms with Gasteiger partial charge in [-0.05, 0) is 6.42 Å². The summed E-state index contributed by atoms with van der Waals surface area (Å²) in [5.74, 6) is 2.92. The van der Waals surface area contributed by atoms with Gasteiger partial charge in [0.1, 0.15) is 5.69 Å². The Hall–Kier alpha value is -0.460. The quantitative estimate of drug-likeness (QED) is 0.914. The van der Waals surface area contributed by atoms with Gasteiger partial charge in [0.15, 0.2) is 0 Å². The first-order chi connectivity index (χ1) is 8.77. The van der Waals surface area contributed by atoms with Gasteiger partial charge in [0.05, 0.1) is 13.2 Å². The van der Waals surface area contributed by atoms with Crippen LogP contribution in [0, 0.1) is 0 Å². The van der Waals surface area contributed by atoms with Gasteiger partial charge in [0.2, 0.25) is 5.88 Å². The lowest BCUT2D eigenvalue weighted by atomic mass is 10.1. The van der Waals surface area contributed by atoms with E-state index in [0.29, 0.717) is 16.4 Å². The SMILES string of the molecule is CCC1SCCSC1C(N)c1nccnc1OC. The van der Waals surface area contributed by atoms with Crippen molar-refractivity contribution in [3.63, 3.8) is 0 Å². The van der Waals surface area contributed by atoms with Crippen LogP contribution >= 0.6 is 23.5 Å². The molecule has 1 aliphatic heterocycles. The average Bonchev–Trinajstić information content (AvgIpc) is 2.46. The summed E-state index contributed by atoms with van der Waals surface area (Å²) >= 11 is 3.97. The average molecular weight is 285 g/mol. The summed E-state index contributed by atoms with van der Waals surface area (Å²) in [6.07, 6.45) is 4.45. The molecule has 3 unspecified atom stereocenters. The Morgan fingerprint density at radius 3 is 2.83 bits per heavy atom. The van der Waals surface area contributed by atoms with E-state index < -0.39 is 0 Å². The van der Waals surface area contributed by atoms with E-state index in [1.54, 1.807) is 19.5 Å². The number of nitrogens with two attached hydrogens (primary N) is 1. The fourth-order valence-electron chi connectivity index (χ4n) is 2.15. The molecule has 2 rings (SSSR count). The first-order valence-electron chi connectivity index (χ1n) is 6.11. The Morgan fingerprint density at radius 2 is 2.11 bits per heavy atom. The summed E-state index contributed by atoms with van der Waals surface area (Å²) in [5.41, 5.74) is 7.17. The summed E-state index contributed by atoms with van der Waals surface area (Å²) in [7, 11) is 1.61. The zero-order chi connectivity index (χ0) is 13.0. The summed E-state index contributed by atoms with van der Waals surface area (Å²) < 4.78 is 5.26. The third-order valence-corrected chi connectivity index (χ3v) is 6.42. The third-order valence-electron chi connectivity index (χ3n) is 3.05. The van der Waals surface area contributed by atoms with Gasteiger partial charge in [-0.2, -0.15) is 23.5 Å². The monoisotopic (exact) mass is 285 g/mol. The molecule has 2 N–H and O–H groups in total. The van der Waals surface area contributed by atoms with E-state index in [1.807, 2.05) is 23.5 Å². The lowest BCUT2D eigenvalue weighted by Crippen LogP contribution is -2.36. The molecule has 0 spiro atoms. The number of methoxy groups -OCH3 is 1. The molecule has 18 heavy (non-hydrogen) atoms. The number of nitrogens with zero attached hydrogens (tertiary/aromatic N) is 2. The lowest BCUT2D eigenvalue weighted by Gasteiger charge is -2.33. The van der Waals surface area contributed by atoms with Crippen molar-refractivity contribution in [3.8, 4) is 5.88 Å². The smallest absolute Gasteiger partial charge is 0.237 e. The number of rotatable bonds is 4. The van der Waals surface area contributed by atoms with Gasteiger partial charge in [0, 0.05) is 34.4 Å². The molecular formula is C12H19N3OS2. The molecule has 0 bridgehead atoms. The summed E-state index contributed by atoms with van der Waals surface area (Å²) in [4.78, 5) is 8.54. The molecule has 0 saturated carbocycles. The minimum Gasteiger partial charge on any atom is -0.480 e. The molecule has 0 aliphatic carbocycles. The van der Waals surface area contributed by atoms with E-state index >= 15 is 0 Å². The van der Waals surface area contributed by atoms with Crippen molar-refractivity contribution in [1.82, 2.24) is 9.97 Å². The lowest BCUT2D eigenvalue weighted by molar-refractivity contribution is 0.383. The van der Waals surface area contributed by atoms with Crippen molar-refractivity contribution in [2.24, 2.45) is 5.73 Å². The van der Waals surface area contributed by atoms with Crippen LogP contribution in [0.3, 0.4) is 0 Å². The van der Waals surface area contributed by atoms with Crippen molar-refractivity contribution < 1.29 is 4.74 Å². The fourth-order valence-corrected chi connectivity index (χ4v) is 5.30. The Balaban J connectivity index is 2.20. The van der Waals surface area contributed by atoms with Crippen LogP contribution in [0.5, 0.6) is 5.88 Å². The molecule has 0 aromatic carbocycles. The maximum atomic E-state index is 6.40. The molecule has 3 atom stereocenters. The van der Waals surface area contributed by atoms with E-state index in [9.17, 15) is 0 Å². The van der Waals surface area contributed by atoms with Crippen LogP contribution in [0.4, 0.5) is 0 Å². The first-order valence-corrected chi connectivity index (χ1v) is 8.21. The van der Waals surface area contributed by atoms with Crippen molar-refractivity contribution in [1.29, 1.82) is 0 Å². The van der Waals surface area contributed by atoms with Crippen LogP contribution in [0.15, 0.2) is 12.4 Å². The van der Waals surface area contributed by atoms with Crippen LogP contribution in [0.25, 0.3) is 0 Å². The highest BCUT2D eigenvalue weighted by Gasteiger charge is 2.33. The Labute approximate surface area is 116 Å². The predicted octanol–water partition coefficient (Wildman–Crippen LogP) is 2.11. The van der Waals surface area contributed by atoms with Crippen molar-refractivity contribution >= 4 is 23.5 Å². The molecule has 6 heteroatoms. The van der Waals surface area contributed by atoms with Gasteiger partial charge in [0.25, 0.3) is 0 Å². The van der Waals surface area contributed by atoms with Gasteiger partial charge >= 0.3 is 0 Å². The number of hydrogen-bond donors (Lipinski definition) is 1. The van der Waals surface area contributed by atoms with Crippen molar-refractivity contribution in [3.05, 3.63) is 18.1 Å². The van der Waals surface area contributed by atoms with Crippen LogP contribution in [-0.2, 0) is 0 Å². The molecule has 0 amide bonds. The molecule has 4 nitrogen and oxygen atoms in total. The number of hydrogen-bond acceptors (Lipinski definition) is 6. The summed E-state index contributed by atoms with van der Waals surface area (Å²) in [5, 5.41) is 0.977. The zero-order valence-corrected chi connectivity index (χ0v) is 12.3. The number of aromatic nitrogens is 2. The Kier molecular flexibility index (Phi) is 5.14. The predicted molar refractivity (Wildman–Crippen MR) is 78.3 cm³/mol. The second-order valence-electron chi connectivity index (χ2n) is 4.13. The Bertz CT molecular complexity index is 391. The normalized spacial score (nSPS) is 25.7. The van der Waals surface area contributed by atoms with Crippen LogP contribution < -0.4 is 10.5 Å². The van der Waals surface area contributed by atoms with Gasteiger partial charge in [-0.15, -0.1) is 0 Å². The second kappa shape index (κ2) is 6.63. The summed E-state index contributed by atoms with van der Waals surface area (Å²) in [6.45, 7) is 2.22. The van der Waals surface area contributed by atoms with Gasteiger partial charge in [-0.25, -0.2) is 4.98 Å². The minimum absolute atomic E-state index is 0.114. The zero-order valence-electron chi connectivity index (χ0n) is 10.7. The van der Waals surface area contributed by atoms with E-state index in [4.69, 9.17) is 10.5 Å². The van der Waals surface area contributed by atoms with E-state index in [-0.39, 0.29) is 6.04 Å². The maximum Gasteiger partial charge on any atom is 0.237 e. The standard InChI is InChI=1S/C12H19N3OS2/c1-3-8-11(18-7-6-17-8)9(13)10-12(16-2)15-5-4-14-10/h4-5,8-9,11H,3,6-7,13H2,1-2H3. The van der Waals surface area contributed by atoms with Crippen LogP contribution in [0.1, 0.15) is 25.1 Å². The van der Waals surface area contributed by atoms with Crippen molar-refractivity contribution in [2.75, 3.05) is 18.6 Å². The molecule has 100 valence electrons. The molecule has 2 heterocycles. The highest BCUT2D eigenvalue weighted by molar-refractivity contribution is 8.07. The van der Waals surface area contributed by atoms with E-state index in [0.717, 1.165) is 17.9 Å². The highest BCUT2D eigenvalue weighted by Crippen LogP contribution is 2.40. The molecule has 1 aliphatic rings. The van der Waals surface area contributed by atoms with Gasteiger partial charge in [-0.3, -0.25) is 4.98 Å². The molecule has 1 fully saturated rings.